The van der Waals surface area contributed by atoms with Crippen LogP contribution in [0.25, 0.3) is 0 Å². The molecule has 21 heavy (non-hydrogen) atoms. The van der Waals surface area contributed by atoms with Gasteiger partial charge in [0, 0.05) is 29.7 Å². The highest BCUT2D eigenvalue weighted by atomic mass is 19.4. The van der Waals surface area contributed by atoms with Crippen LogP contribution in [0.4, 0.5) is 13.2 Å². The van der Waals surface area contributed by atoms with Crippen molar-refractivity contribution >= 4 is 0 Å². The Morgan fingerprint density at radius 3 is 2.38 bits per heavy atom. The van der Waals surface area contributed by atoms with Gasteiger partial charge >= 0.3 is 6.18 Å². The molecule has 1 atom stereocenters. The van der Waals surface area contributed by atoms with Crippen LogP contribution in [0, 0.1) is 0 Å². The molecule has 0 fully saturated rings. The summed E-state index contributed by atoms with van der Waals surface area (Å²) in [7, 11) is 3.03. The molecule has 2 aromatic heterocycles. The minimum atomic E-state index is -4.45. The molecule has 4 nitrogen and oxygen atoms in total. The van der Waals surface area contributed by atoms with E-state index in [2.05, 4.69) is 15.3 Å². The fourth-order valence-corrected chi connectivity index (χ4v) is 2.17. The van der Waals surface area contributed by atoms with Crippen molar-refractivity contribution in [1.82, 2.24) is 15.3 Å². The molecule has 0 aliphatic heterocycles. The molecule has 0 radical (unpaired) electrons. The maximum atomic E-state index is 13.1. The van der Waals surface area contributed by atoms with E-state index in [9.17, 15) is 13.2 Å². The van der Waals surface area contributed by atoms with Gasteiger partial charge in [-0.05, 0) is 19.2 Å². The first-order valence-electron chi connectivity index (χ1n) is 6.15. The highest BCUT2D eigenvalue weighted by molar-refractivity contribution is 5.42. The van der Waals surface area contributed by atoms with Gasteiger partial charge in [-0.2, -0.15) is 13.2 Å². The summed E-state index contributed by atoms with van der Waals surface area (Å²) in [6, 6.07) is 1.88. The predicted molar refractivity (Wildman–Crippen MR) is 70.9 cm³/mol. The summed E-state index contributed by atoms with van der Waals surface area (Å²) in [4.78, 5) is 7.72. The van der Waals surface area contributed by atoms with Gasteiger partial charge in [0.1, 0.15) is 5.75 Å². The van der Waals surface area contributed by atoms with Crippen LogP contribution < -0.4 is 10.1 Å². The van der Waals surface area contributed by atoms with Crippen molar-refractivity contribution < 1.29 is 17.9 Å². The summed E-state index contributed by atoms with van der Waals surface area (Å²) < 4.78 is 44.6. The Hall–Kier alpha value is -2.15. The molecule has 0 saturated heterocycles. The molecule has 2 rings (SSSR count). The molecule has 1 unspecified atom stereocenters. The normalized spacial score (nSPS) is 13.0. The summed E-state index contributed by atoms with van der Waals surface area (Å²) in [5, 5.41) is 2.87. The second-order valence-corrected chi connectivity index (χ2v) is 4.30. The Bertz CT molecular complexity index is 616. The van der Waals surface area contributed by atoms with Gasteiger partial charge in [-0.1, -0.05) is 0 Å². The first-order chi connectivity index (χ1) is 9.99. The molecule has 0 aromatic carbocycles. The average Bonchev–Trinajstić information content (AvgIpc) is 2.48. The van der Waals surface area contributed by atoms with E-state index in [1.807, 2.05) is 0 Å². The molecule has 0 aliphatic rings. The zero-order valence-corrected chi connectivity index (χ0v) is 11.5. The van der Waals surface area contributed by atoms with Crippen LogP contribution in [0.1, 0.15) is 22.7 Å². The second kappa shape index (κ2) is 6.09. The van der Waals surface area contributed by atoms with Gasteiger partial charge in [-0.15, -0.1) is 0 Å². The number of hydrogen-bond donors (Lipinski definition) is 1. The molecule has 2 heterocycles. The number of aromatic nitrogens is 2. The van der Waals surface area contributed by atoms with Crippen LogP contribution in [-0.4, -0.2) is 24.1 Å². The molecule has 7 heteroatoms. The van der Waals surface area contributed by atoms with Crippen LogP contribution in [0.2, 0.25) is 0 Å². The Kier molecular flexibility index (Phi) is 4.42. The van der Waals surface area contributed by atoms with Gasteiger partial charge < -0.3 is 10.1 Å². The van der Waals surface area contributed by atoms with Crippen LogP contribution >= 0.6 is 0 Å². The standard InChI is InChI=1S/C14H14F3N3O/c1-18-13(9-3-5-20-8-12(9)21-2)10-7-19-6-4-11(10)14(15,16)17/h3-8,13,18H,1-2H3. The molecule has 2 aromatic rings. The lowest BCUT2D eigenvalue weighted by Gasteiger charge is -2.22. The van der Waals surface area contributed by atoms with Crippen molar-refractivity contribution in [3.63, 3.8) is 0 Å². The second-order valence-electron chi connectivity index (χ2n) is 4.30. The molecule has 0 spiro atoms. The third kappa shape index (κ3) is 3.13. The van der Waals surface area contributed by atoms with Gasteiger partial charge in [0.25, 0.3) is 0 Å². The molecule has 0 bridgehead atoms. The van der Waals surface area contributed by atoms with Crippen molar-refractivity contribution in [2.45, 2.75) is 12.2 Å². The van der Waals surface area contributed by atoms with Crippen LogP contribution in [-0.2, 0) is 6.18 Å². The number of nitrogens with one attached hydrogen (secondary N) is 1. The number of ether oxygens (including phenoxy) is 1. The number of hydrogen-bond acceptors (Lipinski definition) is 4. The van der Waals surface area contributed by atoms with Gasteiger partial charge in [-0.25, -0.2) is 0 Å². The third-order valence-corrected chi connectivity index (χ3v) is 3.10. The quantitative estimate of drug-likeness (QED) is 0.942. The van der Waals surface area contributed by atoms with Crippen molar-refractivity contribution in [3.8, 4) is 5.75 Å². The highest BCUT2D eigenvalue weighted by Gasteiger charge is 2.35. The lowest BCUT2D eigenvalue weighted by Crippen LogP contribution is -2.22. The average molecular weight is 297 g/mol. The van der Waals surface area contributed by atoms with Crippen LogP contribution in [0.15, 0.2) is 36.9 Å². The monoisotopic (exact) mass is 297 g/mol. The van der Waals surface area contributed by atoms with E-state index in [0.717, 1.165) is 12.3 Å². The van der Waals surface area contributed by atoms with Crippen molar-refractivity contribution in [2.24, 2.45) is 0 Å². The first kappa shape index (κ1) is 15.2. The fourth-order valence-electron chi connectivity index (χ4n) is 2.17. The number of nitrogens with zero attached hydrogens (tertiary/aromatic N) is 2. The molecular weight excluding hydrogens is 283 g/mol. The lowest BCUT2D eigenvalue weighted by atomic mass is 9.96. The Morgan fingerprint density at radius 1 is 1.10 bits per heavy atom. The molecule has 0 aliphatic carbocycles. The Morgan fingerprint density at radius 2 is 1.76 bits per heavy atom. The summed E-state index contributed by atoms with van der Waals surface area (Å²) in [5.41, 5.74) is -0.124. The smallest absolute Gasteiger partial charge is 0.416 e. The predicted octanol–water partition coefficient (Wildman–Crippen LogP) is 2.81. The lowest BCUT2D eigenvalue weighted by molar-refractivity contribution is -0.138. The van der Waals surface area contributed by atoms with E-state index in [1.165, 1.54) is 25.7 Å². The summed E-state index contributed by atoms with van der Waals surface area (Å²) in [5.74, 6) is 0.411. The fraction of sp³-hybridized carbons (Fsp3) is 0.286. The van der Waals surface area contributed by atoms with Crippen molar-refractivity contribution in [3.05, 3.63) is 53.6 Å². The largest absolute Gasteiger partial charge is 0.495 e. The maximum Gasteiger partial charge on any atom is 0.416 e. The summed E-state index contributed by atoms with van der Waals surface area (Å²) in [6.07, 6.45) is 0.857. The van der Waals surface area contributed by atoms with E-state index in [-0.39, 0.29) is 5.56 Å². The molecule has 0 saturated carbocycles. The number of methoxy groups -OCH3 is 1. The van der Waals surface area contributed by atoms with Crippen molar-refractivity contribution in [1.29, 1.82) is 0 Å². The zero-order valence-electron chi connectivity index (χ0n) is 11.5. The van der Waals surface area contributed by atoms with Gasteiger partial charge in [-0.3, -0.25) is 9.97 Å². The van der Waals surface area contributed by atoms with Crippen molar-refractivity contribution in [2.75, 3.05) is 14.2 Å². The van der Waals surface area contributed by atoms with Crippen LogP contribution in [0.5, 0.6) is 5.75 Å². The molecule has 112 valence electrons. The summed E-state index contributed by atoms with van der Waals surface area (Å²) >= 11 is 0. The Balaban J connectivity index is 2.58. The molecular formula is C14H14F3N3O. The van der Waals surface area contributed by atoms with E-state index >= 15 is 0 Å². The minimum absolute atomic E-state index is 0.0389. The minimum Gasteiger partial charge on any atom is -0.495 e. The molecule has 0 amide bonds. The van der Waals surface area contributed by atoms with Gasteiger partial charge in [0.15, 0.2) is 0 Å². The van der Waals surface area contributed by atoms with Gasteiger partial charge in [0.2, 0.25) is 0 Å². The van der Waals surface area contributed by atoms with E-state index in [4.69, 9.17) is 4.74 Å². The molecule has 1 N–H and O–H groups in total. The Labute approximate surface area is 120 Å². The zero-order chi connectivity index (χ0) is 15.5. The van der Waals surface area contributed by atoms with E-state index in [0.29, 0.717) is 11.3 Å². The topological polar surface area (TPSA) is 47.0 Å². The van der Waals surface area contributed by atoms with E-state index < -0.39 is 17.8 Å². The number of halogens is 3. The number of alkyl halides is 3. The van der Waals surface area contributed by atoms with Crippen LogP contribution in [0.3, 0.4) is 0 Å². The first-order valence-corrected chi connectivity index (χ1v) is 6.15. The van der Waals surface area contributed by atoms with Gasteiger partial charge in [0.05, 0.1) is 24.9 Å². The number of rotatable bonds is 4. The van der Waals surface area contributed by atoms with E-state index in [1.54, 1.807) is 13.1 Å². The summed E-state index contributed by atoms with van der Waals surface area (Å²) in [6.45, 7) is 0. The highest BCUT2D eigenvalue weighted by Crippen LogP contribution is 2.37. The third-order valence-electron chi connectivity index (χ3n) is 3.10. The SMILES string of the molecule is CNC(c1ccncc1OC)c1cnccc1C(F)(F)F. The number of pyridine rings is 2. The maximum absolute atomic E-state index is 13.1.